The minimum Gasteiger partial charge on any atom is -0.444 e. The molecule has 0 spiro atoms. The number of hydrogen-bond donors (Lipinski definition) is 2. The Morgan fingerprint density at radius 1 is 1.10 bits per heavy atom. The molecule has 1 aromatic carbocycles. The molecule has 2 aliphatic heterocycles. The number of nitrogens with zero attached hydrogens (tertiary/aromatic N) is 5. The van der Waals surface area contributed by atoms with E-state index in [0.717, 1.165) is 19.1 Å². The minimum absolute atomic E-state index is 0.101. The lowest BCUT2D eigenvalue weighted by molar-refractivity contribution is 0.0495. The number of fused-ring (bicyclic) bond motifs is 1. The summed E-state index contributed by atoms with van der Waals surface area (Å²) in [6, 6.07) is 7.54. The number of anilines is 2. The van der Waals surface area contributed by atoms with Gasteiger partial charge in [-0.2, -0.15) is 9.61 Å². The monoisotopic (exact) mass is 637 g/mol. The highest BCUT2D eigenvalue weighted by molar-refractivity contribution is 7.92. The molecule has 0 aliphatic carbocycles. The number of nitrogens with one attached hydrogen (secondary N) is 2. The van der Waals surface area contributed by atoms with Gasteiger partial charge >= 0.3 is 6.09 Å². The highest BCUT2D eigenvalue weighted by Crippen LogP contribution is 2.35. The molecule has 42 heavy (non-hydrogen) atoms. The van der Waals surface area contributed by atoms with E-state index >= 15 is 0 Å². The van der Waals surface area contributed by atoms with E-state index in [2.05, 4.69) is 15.0 Å². The van der Waals surface area contributed by atoms with E-state index in [-0.39, 0.29) is 29.2 Å². The smallest absolute Gasteiger partial charge is 0.407 e. The van der Waals surface area contributed by atoms with Crippen LogP contribution in [0.15, 0.2) is 30.3 Å². The molecular weight excluding hydrogens is 605 g/mol. The Labute approximate surface area is 254 Å². The maximum atomic E-state index is 13.9. The Morgan fingerprint density at radius 2 is 1.83 bits per heavy atom. The normalized spacial score (nSPS) is 18.1. The van der Waals surface area contributed by atoms with Crippen LogP contribution < -0.4 is 14.9 Å². The molecule has 2 amide bonds. The fourth-order valence-corrected chi connectivity index (χ4v) is 6.12. The van der Waals surface area contributed by atoms with Gasteiger partial charge in [0.2, 0.25) is 10.0 Å². The lowest BCUT2D eigenvalue weighted by Crippen LogP contribution is -2.60. The van der Waals surface area contributed by atoms with Gasteiger partial charge in [0.1, 0.15) is 16.6 Å². The molecule has 2 fully saturated rings. The van der Waals surface area contributed by atoms with E-state index in [1.54, 1.807) is 15.5 Å². The minimum atomic E-state index is -3.63. The van der Waals surface area contributed by atoms with E-state index in [4.69, 9.17) is 33.0 Å². The quantitative estimate of drug-likeness (QED) is 0.377. The third kappa shape index (κ3) is 6.84. The fraction of sp³-hybridized carbons (Fsp3) is 0.481. The molecule has 12 nitrogen and oxygen atoms in total. The van der Waals surface area contributed by atoms with Crippen LogP contribution >= 0.6 is 23.2 Å². The van der Waals surface area contributed by atoms with Crippen molar-refractivity contribution in [3.05, 3.63) is 51.8 Å². The molecule has 4 heterocycles. The fourth-order valence-electron chi connectivity index (χ4n) is 5.18. The van der Waals surface area contributed by atoms with Crippen molar-refractivity contribution in [2.45, 2.75) is 57.7 Å². The summed E-state index contributed by atoms with van der Waals surface area (Å²) in [5.41, 5.74) is 0.902. The van der Waals surface area contributed by atoms with Gasteiger partial charge in [0.15, 0.2) is 5.65 Å². The van der Waals surface area contributed by atoms with Gasteiger partial charge in [-0.1, -0.05) is 23.2 Å². The first-order valence-electron chi connectivity index (χ1n) is 13.6. The van der Waals surface area contributed by atoms with Gasteiger partial charge in [-0.3, -0.25) is 9.52 Å². The van der Waals surface area contributed by atoms with Crippen LogP contribution in [0.4, 0.5) is 16.3 Å². The predicted molar refractivity (Wildman–Crippen MR) is 161 cm³/mol. The predicted octanol–water partition coefficient (Wildman–Crippen LogP) is 4.49. The zero-order valence-corrected chi connectivity index (χ0v) is 26.1. The number of rotatable bonds is 6. The van der Waals surface area contributed by atoms with E-state index in [0.29, 0.717) is 53.4 Å². The van der Waals surface area contributed by atoms with Crippen LogP contribution in [0.5, 0.6) is 0 Å². The average molecular weight is 639 g/mol. The number of amides is 2. The highest BCUT2D eigenvalue weighted by atomic mass is 35.5. The van der Waals surface area contributed by atoms with Crippen molar-refractivity contribution in [1.82, 2.24) is 24.8 Å². The molecule has 226 valence electrons. The zero-order chi connectivity index (χ0) is 30.4. The molecule has 0 radical (unpaired) electrons. The van der Waals surface area contributed by atoms with Gasteiger partial charge in [-0.05, 0) is 58.2 Å². The molecule has 1 atom stereocenters. The summed E-state index contributed by atoms with van der Waals surface area (Å²) < 4.78 is 33.4. The maximum Gasteiger partial charge on any atom is 0.407 e. The number of piperidine rings is 1. The summed E-state index contributed by atoms with van der Waals surface area (Å²) in [6.07, 6.45) is 2.90. The Hall–Kier alpha value is -3.29. The summed E-state index contributed by atoms with van der Waals surface area (Å²) in [6.45, 7) is 6.96. The number of carbonyl (C=O) groups excluding carboxylic acids is 2. The molecule has 5 rings (SSSR count). The molecule has 0 bridgehead atoms. The standard InChI is InChI=1S/C27H33Cl2N7O5S/c1-27(2,3)41-26(38)30-17-14-34(15-17)24-13-22(29)31-23-12-20(32-36(23)24)21-7-5-6-10-35(21)25(37)18-11-16(28)8-9-19(18)33-42(4,39)40/h8-9,11-13,17,21,33H,5-7,10,14-15H2,1-4H3,(H,30,38)/t21-/m0/s1. The first-order valence-corrected chi connectivity index (χ1v) is 16.2. The number of ether oxygens (including phenoxy) is 1. The van der Waals surface area contributed by atoms with Gasteiger partial charge < -0.3 is 19.9 Å². The summed E-state index contributed by atoms with van der Waals surface area (Å²) >= 11 is 12.6. The number of aromatic nitrogens is 3. The van der Waals surface area contributed by atoms with Crippen molar-refractivity contribution in [3.8, 4) is 0 Å². The van der Waals surface area contributed by atoms with Crippen LogP contribution in [0.1, 0.15) is 62.1 Å². The summed E-state index contributed by atoms with van der Waals surface area (Å²) in [5, 5.41) is 8.33. The molecule has 0 saturated carbocycles. The zero-order valence-electron chi connectivity index (χ0n) is 23.7. The number of likely N-dealkylation sites (tertiary alicyclic amines) is 1. The van der Waals surface area contributed by atoms with Gasteiger partial charge in [0.25, 0.3) is 5.91 Å². The van der Waals surface area contributed by atoms with Crippen LogP contribution in [-0.4, -0.2) is 77.4 Å². The summed E-state index contributed by atoms with van der Waals surface area (Å²) in [5.74, 6) is 0.358. The van der Waals surface area contributed by atoms with Gasteiger partial charge in [0, 0.05) is 36.8 Å². The average Bonchev–Trinajstić information content (AvgIpc) is 3.28. The molecule has 2 aromatic heterocycles. The van der Waals surface area contributed by atoms with Gasteiger partial charge in [-0.15, -0.1) is 0 Å². The summed E-state index contributed by atoms with van der Waals surface area (Å²) in [4.78, 5) is 34.2. The van der Waals surface area contributed by atoms with E-state index in [1.165, 1.54) is 18.2 Å². The molecule has 2 saturated heterocycles. The Kier molecular flexibility index (Phi) is 8.20. The molecule has 15 heteroatoms. The largest absolute Gasteiger partial charge is 0.444 e. The number of benzene rings is 1. The second-order valence-electron chi connectivity index (χ2n) is 11.6. The first kappa shape index (κ1) is 30.2. The van der Waals surface area contributed by atoms with Crippen molar-refractivity contribution in [3.63, 3.8) is 0 Å². The van der Waals surface area contributed by atoms with Crippen molar-refractivity contribution >= 4 is 62.4 Å². The van der Waals surface area contributed by atoms with Crippen molar-refractivity contribution in [2.75, 3.05) is 35.5 Å². The summed E-state index contributed by atoms with van der Waals surface area (Å²) in [7, 11) is -3.63. The maximum absolute atomic E-state index is 13.9. The van der Waals surface area contributed by atoms with Crippen LogP contribution in [0.25, 0.3) is 5.65 Å². The second-order valence-corrected chi connectivity index (χ2v) is 14.2. The topological polar surface area (TPSA) is 138 Å². The molecular formula is C27H33Cl2N7O5S. The van der Waals surface area contributed by atoms with Crippen LogP contribution in [-0.2, 0) is 14.8 Å². The molecule has 3 aromatic rings. The van der Waals surface area contributed by atoms with Gasteiger partial charge in [0.05, 0.1) is 35.3 Å². The van der Waals surface area contributed by atoms with Crippen LogP contribution in [0.3, 0.4) is 0 Å². The van der Waals surface area contributed by atoms with Crippen molar-refractivity contribution in [1.29, 1.82) is 0 Å². The Balaban J connectivity index is 1.40. The second kappa shape index (κ2) is 11.4. The van der Waals surface area contributed by atoms with E-state index in [1.807, 2.05) is 31.7 Å². The third-order valence-electron chi connectivity index (χ3n) is 6.93. The van der Waals surface area contributed by atoms with E-state index in [9.17, 15) is 18.0 Å². The van der Waals surface area contributed by atoms with Crippen LogP contribution in [0, 0.1) is 0 Å². The number of halogens is 2. The SMILES string of the molecule is CC(C)(C)OC(=O)NC1CN(c2cc(Cl)nc3cc([C@@H]4CCCCN4C(=O)c4cc(Cl)ccc4NS(C)(=O)=O)nn23)C1. The Bertz CT molecular complexity index is 1630. The highest BCUT2D eigenvalue weighted by Gasteiger charge is 2.35. The van der Waals surface area contributed by atoms with Crippen molar-refractivity contribution < 1.29 is 22.7 Å². The van der Waals surface area contributed by atoms with Gasteiger partial charge in [-0.25, -0.2) is 18.2 Å². The van der Waals surface area contributed by atoms with Crippen LogP contribution in [0.2, 0.25) is 10.2 Å². The van der Waals surface area contributed by atoms with Crippen molar-refractivity contribution in [2.24, 2.45) is 0 Å². The first-order chi connectivity index (χ1) is 19.7. The molecule has 0 unspecified atom stereocenters. The number of hydrogen-bond acceptors (Lipinski definition) is 8. The Morgan fingerprint density at radius 3 is 2.52 bits per heavy atom. The molecule has 2 N–H and O–H groups in total. The lowest BCUT2D eigenvalue weighted by Gasteiger charge is -2.41. The number of alkyl carbamates (subject to hydrolysis) is 1. The number of sulfonamides is 1. The van der Waals surface area contributed by atoms with E-state index < -0.39 is 21.7 Å². The third-order valence-corrected chi connectivity index (χ3v) is 7.95. The number of carbonyl (C=O) groups is 2. The lowest BCUT2D eigenvalue weighted by atomic mass is 9.98. The molecule has 2 aliphatic rings.